The molecular weight excluding hydrogens is 238 g/mol. The molecule has 0 amide bonds. The Labute approximate surface area is 116 Å². The molecule has 1 saturated heterocycles. The minimum atomic E-state index is 0.352. The number of nitrogens with two attached hydrogens (primary N) is 1. The first-order chi connectivity index (χ1) is 8.91. The van der Waals surface area contributed by atoms with Crippen molar-refractivity contribution in [3.8, 4) is 5.88 Å². The highest BCUT2D eigenvalue weighted by Gasteiger charge is 2.32. The summed E-state index contributed by atoms with van der Waals surface area (Å²) in [4.78, 5) is 6.87. The third-order valence-electron chi connectivity index (χ3n) is 3.89. The van der Waals surface area contributed by atoms with E-state index in [0.717, 1.165) is 18.9 Å². The van der Waals surface area contributed by atoms with Gasteiger partial charge in [0.2, 0.25) is 5.88 Å². The predicted octanol–water partition coefficient (Wildman–Crippen LogP) is 2.93. The molecule has 0 aromatic carbocycles. The van der Waals surface area contributed by atoms with Crippen molar-refractivity contribution in [3.63, 3.8) is 0 Å². The van der Waals surface area contributed by atoms with Gasteiger partial charge in [-0.3, -0.25) is 0 Å². The van der Waals surface area contributed by atoms with E-state index in [1.807, 2.05) is 19.1 Å². The van der Waals surface area contributed by atoms with E-state index in [2.05, 4.69) is 30.7 Å². The molecule has 0 spiro atoms. The fourth-order valence-electron chi connectivity index (χ4n) is 2.55. The van der Waals surface area contributed by atoms with E-state index in [0.29, 0.717) is 29.5 Å². The van der Waals surface area contributed by atoms with Crippen LogP contribution in [0.1, 0.15) is 34.1 Å². The molecule has 0 aliphatic carbocycles. The zero-order chi connectivity index (χ0) is 14.0. The summed E-state index contributed by atoms with van der Waals surface area (Å²) >= 11 is 0. The van der Waals surface area contributed by atoms with E-state index in [1.54, 1.807) is 0 Å². The van der Waals surface area contributed by atoms with Gasteiger partial charge < -0.3 is 15.4 Å². The van der Waals surface area contributed by atoms with Gasteiger partial charge in [-0.2, -0.15) is 4.98 Å². The second kappa shape index (κ2) is 5.27. The van der Waals surface area contributed by atoms with Crippen molar-refractivity contribution >= 4 is 11.5 Å². The van der Waals surface area contributed by atoms with Gasteiger partial charge in [-0.25, -0.2) is 0 Å². The summed E-state index contributed by atoms with van der Waals surface area (Å²) in [6, 6.07) is 3.88. The highest BCUT2D eigenvalue weighted by molar-refractivity contribution is 5.55. The summed E-state index contributed by atoms with van der Waals surface area (Å²) in [6.45, 7) is 11.6. The number of anilines is 2. The van der Waals surface area contributed by atoms with Crippen LogP contribution in [0.15, 0.2) is 12.1 Å². The quantitative estimate of drug-likeness (QED) is 0.911. The molecule has 106 valence electrons. The number of nitrogen functional groups attached to an aromatic ring is 1. The Kier molecular flexibility index (Phi) is 3.88. The standard InChI is InChI=1S/C15H25N3O/c1-5-19-14-12(16)6-7-13(17-14)18-9-8-11(10-18)15(2,3)4/h6-7,11H,5,8-10,16H2,1-4H3. The van der Waals surface area contributed by atoms with Crippen LogP contribution < -0.4 is 15.4 Å². The van der Waals surface area contributed by atoms with E-state index in [-0.39, 0.29) is 0 Å². The lowest BCUT2D eigenvalue weighted by Gasteiger charge is -2.27. The van der Waals surface area contributed by atoms with Crippen molar-refractivity contribution in [1.29, 1.82) is 0 Å². The molecule has 1 aromatic rings. The summed E-state index contributed by atoms with van der Waals surface area (Å²) in [5.41, 5.74) is 6.83. The van der Waals surface area contributed by atoms with Crippen LogP contribution in [0.3, 0.4) is 0 Å². The predicted molar refractivity (Wildman–Crippen MR) is 79.6 cm³/mol. The summed E-state index contributed by atoms with van der Waals surface area (Å²) in [5, 5.41) is 0. The average Bonchev–Trinajstić information content (AvgIpc) is 2.81. The molecule has 2 rings (SSSR count). The summed E-state index contributed by atoms with van der Waals surface area (Å²) in [6.07, 6.45) is 1.22. The SMILES string of the molecule is CCOc1nc(N2CCC(C(C)(C)C)C2)ccc1N. The van der Waals surface area contributed by atoms with Gasteiger partial charge >= 0.3 is 0 Å². The number of aromatic nitrogens is 1. The van der Waals surface area contributed by atoms with Gasteiger partial charge in [0.1, 0.15) is 5.82 Å². The lowest BCUT2D eigenvalue weighted by Crippen LogP contribution is -2.26. The van der Waals surface area contributed by atoms with Crippen molar-refractivity contribution < 1.29 is 4.74 Å². The Morgan fingerprint density at radius 1 is 1.42 bits per heavy atom. The molecule has 0 saturated carbocycles. The Hall–Kier alpha value is -1.45. The first kappa shape index (κ1) is 14.0. The topological polar surface area (TPSA) is 51.4 Å². The first-order valence-corrected chi connectivity index (χ1v) is 7.06. The number of rotatable bonds is 3. The van der Waals surface area contributed by atoms with Crippen LogP contribution in [0.25, 0.3) is 0 Å². The van der Waals surface area contributed by atoms with E-state index in [4.69, 9.17) is 10.5 Å². The van der Waals surface area contributed by atoms with Crippen LogP contribution in [0.5, 0.6) is 5.88 Å². The van der Waals surface area contributed by atoms with Gasteiger partial charge in [-0.1, -0.05) is 20.8 Å². The van der Waals surface area contributed by atoms with Crippen molar-refractivity contribution in [3.05, 3.63) is 12.1 Å². The van der Waals surface area contributed by atoms with Crippen LogP contribution in [0.2, 0.25) is 0 Å². The Morgan fingerprint density at radius 2 is 2.16 bits per heavy atom. The molecular formula is C15H25N3O. The molecule has 0 bridgehead atoms. The maximum Gasteiger partial charge on any atom is 0.239 e. The largest absolute Gasteiger partial charge is 0.476 e. The molecule has 1 aliphatic heterocycles. The second-order valence-corrected chi connectivity index (χ2v) is 6.29. The molecule has 1 aromatic heterocycles. The number of hydrogen-bond donors (Lipinski definition) is 1. The zero-order valence-corrected chi connectivity index (χ0v) is 12.4. The van der Waals surface area contributed by atoms with Crippen LogP contribution in [0.4, 0.5) is 11.5 Å². The van der Waals surface area contributed by atoms with Crippen molar-refractivity contribution in [2.24, 2.45) is 11.3 Å². The van der Waals surface area contributed by atoms with Gasteiger partial charge in [-0.05, 0) is 36.8 Å². The highest BCUT2D eigenvalue weighted by atomic mass is 16.5. The molecule has 1 unspecified atom stereocenters. The Balaban J connectivity index is 2.13. The maximum atomic E-state index is 5.86. The maximum absolute atomic E-state index is 5.86. The minimum Gasteiger partial charge on any atom is -0.476 e. The molecule has 1 atom stereocenters. The van der Waals surface area contributed by atoms with Gasteiger partial charge in [0.25, 0.3) is 0 Å². The first-order valence-electron chi connectivity index (χ1n) is 7.06. The van der Waals surface area contributed by atoms with Crippen LogP contribution >= 0.6 is 0 Å². The van der Waals surface area contributed by atoms with E-state index in [9.17, 15) is 0 Å². The monoisotopic (exact) mass is 263 g/mol. The Morgan fingerprint density at radius 3 is 2.74 bits per heavy atom. The number of hydrogen-bond acceptors (Lipinski definition) is 4. The van der Waals surface area contributed by atoms with Crippen LogP contribution in [-0.2, 0) is 0 Å². The number of pyridine rings is 1. The molecule has 2 N–H and O–H groups in total. The smallest absolute Gasteiger partial charge is 0.239 e. The lowest BCUT2D eigenvalue weighted by atomic mass is 9.80. The second-order valence-electron chi connectivity index (χ2n) is 6.29. The Bertz CT molecular complexity index is 440. The minimum absolute atomic E-state index is 0.352. The fraction of sp³-hybridized carbons (Fsp3) is 0.667. The molecule has 2 heterocycles. The lowest BCUT2D eigenvalue weighted by molar-refractivity contribution is 0.263. The van der Waals surface area contributed by atoms with Gasteiger partial charge in [-0.15, -0.1) is 0 Å². The summed E-state index contributed by atoms with van der Waals surface area (Å²) in [7, 11) is 0. The average molecular weight is 263 g/mol. The molecule has 19 heavy (non-hydrogen) atoms. The van der Waals surface area contributed by atoms with Gasteiger partial charge in [0.05, 0.1) is 12.3 Å². The van der Waals surface area contributed by atoms with Crippen molar-refractivity contribution in [1.82, 2.24) is 4.98 Å². The van der Waals surface area contributed by atoms with E-state index >= 15 is 0 Å². The fourth-order valence-corrected chi connectivity index (χ4v) is 2.55. The summed E-state index contributed by atoms with van der Waals surface area (Å²) < 4.78 is 5.47. The molecule has 1 aliphatic rings. The number of nitrogens with zero attached hydrogens (tertiary/aromatic N) is 2. The zero-order valence-electron chi connectivity index (χ0n) is 12.4. The van der Waals surface area contributed by atoms with E-state index in [1.165, 1.54) is 6.42 Å². The van der Waals surface area contributed by atoms with Crippen molar-refractivity contribution in [2.75, 3.05) is 30.3 Å². The van der Waals surface area contributed by atoms with Crippen LogP contribution in [-0.4, -0.2) is 24.7 Å². The summed E-state index contributed by atoms with van der Waals surface area (Å²) in [5.74, 6) is 2.24. The van der Waals surface area contributed by atoms with E-state index < -0.39 is 0 Å². The molecule has 4 heteroatoms. The number of ether oxygens (including phenoxy) is 1. The molecule has 1 fully saturated rings. The third kappa shape index (κ3) is 3.11. The normalized spacial score (nSPS) is 19.8. The third-order valence-corrected chi connectivity index (χ3v) is 3.89. The molecule has 4 nitrogen and oxygen atoms in total. The van der Waals surface area contributed by atoms with Gasteiger partial charge in [0.15, 0.2) is 0 Å². The molecule has 0 radical (unpaired) electrons. The van der Waals surface area contributed by atoms with Gasteiger partial charge in [0, 0.05) is 13.1 Å². The highest BCUT2D eigenvalue weighted by Crippen LogP contribution is 2.35. The van der Waals surface area contributed by atoms with Crippen LogP contribution in [0, 0.1) is 11.3 Å². The van der Waals surface area contributed by atoms with Crippen molar-refractivity contribution in [2.45, 2.75) is 34.1 Å².